The SMILES string of the molecule is CC1C=Cc2oc3c(O)c(O)c(O)cc3c(=O)c2C1. The Bertz CT molecular complexity index is 770. The van der Waals surface area contributed by atoms with E-state index in [1.54, 1.807) is 6.08 Å². The summed E-state index contributed by atoms with van der Waals surface area (Å²) in [7, 11) is 0. The van der Waals surface area contributed by atoms with Crippen LogP contribution in [0.4, 0.5) is 0 Å². The number of benzene rings is 1. The molecule has 0 aliphatic heterocycles. The lowest BCUT2D eigenvalue weighted by atomic mass is 9.93. The molecule has 0 spiro atoms. The summed E-state index contributed by atoms with van der Waals surface area (Å²) in [5, 5.41) is 28.7. The molecule has 5 heteroatoms. The minimum Gasteiger partial charge on any atom is -0.504 e. The molecule has 1 aliphatic carbocycles. The minimum atomic E-state index is -0.691. The number of allylic oxidation sites excluding steroid dienone is 1. The Balaban J connectivity index is 2.45. The van der Waals surface area contributed by atoms with Gasteiger partial charge in [0.2, 0.25) is 11.5 Å². The topological polar surface area (TPSA) is 90.9 Å². The quantitative estimate of drug-likeness (QED) is 0.631. The van der Waals surface area contributed by atoms with E-state index < -0.39 is 17.2 Å². The minimum absolute atomic E-state index is 0.0639. The molecule has 0 saturated heterocycles. The third-order valence-corrected chi connectivity index (χ3v) is 3.34. The molecule has 0 saturated carbocycles. The van der Waals surface area contributed by atoms with Crippen molar-refractivity contribution in [1.82, 2.24) is 0 Å². The van der Waals surface area contributed by atoms with Gasteiger partial charge in [-0.1, -0.05) is 13.0 Å². The third-order valence-electron chi connectivity index (χ3n) is 3.34. The molecular formula is C14H12O5. The van der Waals surface area contributed by atoms with E-state index >= 15 is 0 Å². The van der Waals surface area contributed by atoms with Crippen molar-refractivity contribution in [2.24, 2.45) is 5.92 Å². The van der Waals surface area contributed by atoms with Gasteiger partial charge in [-0.2, -0.15) is 0 Å². The van der Waals surface area contributed by atoms with E-state index in [-0.39, 0.29) is 22.3 Å². The van der Waals surface area contributed by atoms with Crippen LogP contribution in [-0.2, 0) is 6.42 Å². The van der Waals surface area contributed by atoms with Gasteiger partial charge < -0.3 is 19.7 Å². The van der Waals surface area contributed by atoms with E-state index in [0.29, 0.717) is 17.7 Å². The van der Waals surface area contributed by atoms with Crippen LogP contribution < -0.4 is 5.43 Å². The second kappa shape index (κ2) is 3.78. The van der Waals surface area contributed by atoms with Crippen molar-refractivity contribution in [3.63, 3.8) is 0 Å². The normalized spacial score (nSPS) is 17.6. The molecule has 2 aromatic rings. The zero-order chi connectivity index (χ0) is 13.7. The van der Waals surface area contributed by atoms with Crippen LogP contribution in [0.1, 0.15) is 18.2 Å². The van der Waals surface area contributed by atoms with Gasteiger partial charge in [0.05, 0.1) is 5.39 Å². The fraction of sp³-hybridized carbons (Fsp3) is 0.214. The van der Waals surface area contributed by atoms with Crippen molar-refractivity contribution >= 4 is 17.0 Å². The standard InChI is InChI=1S/C14H12O5/c1-6-2-3-10-7(4-6)11(16)8-5-9(15)12(17)13(18)14(8)19-10/h2-3,5-6,15,17-18H,4H2,1H3. The number of fused-ring (bicyclic) bond motifs is 2. The van der Waals surface area contributed by atoms with Crippen LogP contribution in [0.25, 0.3) is 17.0 Å². The number of rotatable bonds is 0. The highest BCUT2D eigenvalue weighted by Crippen LogP contribution is 2.41. The first-order valence-corrected chi connectivity index (χ1v) is 5.91. The maximum Gasteiger partial charge on any atom is 0.205 e. The predicted molar refractivity (Wildman–Crippen MR) is 69.4 cm³/mol. The van der Waals surface area contributed by atoms with E-state index in [4.69, 9.17) is 4.42 Å². The fourth-order valence-corrected chi connectivity index (χ4v) is 2.31. The van der Waals surface area contributed by atoms with Crippen LogP contribution in [0.2, 0.25) is 0 Å². The maximum atomic E-state index is 12.3. The highest BCUT2D eigenvalue weighted by molar-refractivity contribution is 5.88. The van der Waals surface area contributed by atoms with Gasteiger partial charge in [-0.25, -0.2) is 0 Å². The predicted octanol–water partition coefficient (Wildman–Crippen LogP) is 2.12. The molecule has 19 heavy (non-hydrogen) atoms. The Morgan fingerprint density at radius 2 is 2.00 bits per heavy atom. The van der Waals surface area contributed by atoms with E-state index in [1.807, 2.05) is 13.0 Å². The second-order valence-electron chi connectivity index (χ2n) is 4.78. The van der Waals surface area contributed by atoms with Crippen molar-refractivity contribution in [3.8, 4) is 17.2 Å². The van der Waals surface area contributed by atoms with Crippen molar-refractivity contribution in [1.29, 1.82) is 0 Å². The molecule has 5 nitrogen and oxygen atoms in total. The van der Waals surface area contributed by atoms with Crippen LogP contribution >= 0.6 is 0 Å². The van der Waals surface area contributed by atoms with Crippen molar-refractivity contribution in [2.45, 2.75) is 13.3 Å². The molecule has 1 atom stereocenters. The van der Waals surface area contributed by atoms with Gasteiger partial charge in [-0.15, -0.1) is 0 Å². The number of hydrogen-bond acceptors (Lipinski definition) is 5. The lowest BCUT2D eigenvalue weighted by Gasteiger charge is -2.15. The number of hydrogen-bond donors (Lipinski definition) is 3. The van der Waals surface area contributed by atoms with Gasteiger partial charge in [-0.05, 0) is 24.5 Å². The molecule has 1 aromatic heterocycles. The zero-order valence-electron chi connectivity index (χ0n) is 10.2. The monoisotopic (exact) mass is 260 g/mol. The molecule has 3 N–H and O–H groups in total. The molecule has 0 bridgehead atoms. The van der Waals surface area contributed by atoms with Gasteiger partial charge >= 0.3 is 0 Å². The largest absolute Gasteiger partial charge is 0.504 e. The Kier molecular flexibility index (Phi) is 2.32. The summed E-state index contributed by atoms with van der Waals surface area (Å²) in [5.74, 6) is -1.24. The van der Waals surface area contributed by atoms with E-state index in [0.717, 1.165) is 6.07 Å². The first-order chi connectivity index (χ1) is 8.99. The molecular weight excluding hydrogens is 248 g/mol. The summed E-state index contributed by atoms with van der Waals surface area (Å²) in [6.45, 7) is 1.98. The van der Waals surface area contributed by atoms with Crippen molar-refractivity contribution in [2.75, 3.05) is 0 Å². The second-order valence-corrected chi connectivity index (χ2v) is 4.78. The fourth-order valence-electron chi connectivity index (χ4n) is 2.31. The first kappa shape index (κ1) is 11.6. The lowest BCUT2D eigenvalue weighted by Crippen LogP contribution is -2.16. The van der Waals surface area contributed by atoms with E-state index in [1.165, 1.54) is 0 Å². The number of aromatic hydroxyl groups is 3. The van der Waals surface area contributed by atoms with Crippen LogP contribution in [0, 0.1) is 5.92 Å². The van der Waals surface area contributed by atoms with Crippen molar-refractivity contribution in [3.05, 3.63) is 33.7 Å². The first-order valence-electron chi connectivity index (χ1n) is 5.91. The summed E-state index contributed by atoms with van der Waals surface area (Å²) in [6, 6.07) is 1.11. The average Bonchev–Trinajstić information content (AvgIpc) is 2.39. The Labute approximate surface area is 108 Å². The Hall–Kier alpha value is -2.43. The summed E-state index contributed by atoms with van der Waals surface area (Å²) in [6.07, 6.45) is 4.15. The smallest absolute Gasteiger partial charge is 0.205 e. The highest BCUT2D eigenvalue weighted by Gasteiger charge is 2.22. The van der Waals surface area contributed by atoms with Gasteiger partial charge in [-0.3, -0.25) is 4.79 Å². The van der Waals surface area contributed by atoms with E-state index in [9.17, 15) is 20.1 Å². The maximum absolute atomic E-state index is 12.3. The van der Waals surface area contributed by atoms with Crippen molar-refractivity contribution < 1.29 is 19.7 Å². The molecule has 0 fully saturated rings. The number of phenolic OH excluding ortho intramolecular Hbond substituents is 3. The van der Waals surface area contributed by atoms with E-state index in [2.05, 4.69) is 0 Å². The molecule has 1 aliphatic rings. The molecule has 0 amide bonds. The third kappa shape index (κ3) is 1.58. The van der Waals surface area contributed by atoms with Gasteiger partial charge in [0.15, 0.2) is 16.8 Å². The molecule has 1 aromatic carbocycles. The molecule has 3 rings (SSSR count). The molecule has 1 unspecified atom stereocenters. The molecule has 0 radical (unpaired) electrons. The van der Waals surface area contributed by atoms with Gasteiger partial charge in [0.1, 0.15) is 5.76 Å². The highest BCUT2D eigenvalue weighted by atomic mass is 16.4. The zero-order valence-corrected chi connectivity index (χ0v) is 10.2. The number of phenols is 3. The van der Waals surface area contributed by atoms with Crippen LogP contribution in [-0.4, -0.2) is 15.3 Å². The van der Waals surface area contributed by atoms with Crippen LogP contribution in [0.5, 0.6) is 17.2 Å². The Morgan fingerprint density at radius 3 is 2.74 bits per heavy atom. The van der Waals surface area contributed by atoms with Crippen LogP contribution in [0.15, 0.2) is 21.4 Å². The molecule has 1 heterocycles. The summed E-state index contributed by atoms with van der Waals surface area (Å²) in [5.41, 5.74) is 0.114. The average molecular weight is 260 g/mol. The summed E-state index contributed by atoms with van der Waals surface area (Å²) in [4.78, 5) is 12.3. The summed E-state index contributed by atoms with van der Waals surface area (Å²) >= 11 is 0. The Morgan fingerprint density at radius 1 is 1.26 bits per heavy atom. The van der Waals surface area contributed by atoms with Gasteiger partial charge in [0.25, 0.3) is 0 Å². The van der Waals surface area contributed by atoms with Crippen LogP contribution in [0.3, 0.4) is 0 Å². The summed E-state index contributed by atoms with van der Waals surface area (Å²) < 4.78 is 5.47. The lowest BCUT2D eigenvalue weighted by molar-refractivity contribution is 0.365. The molecule has 98 valence electrons. The van der Waals surface area contributed by atoms with Gasteiger partial charge in [0, 0.05) is 5.56 Å².